The fourth-order valence-corrected chi connectivity index (χ4v) is 3.22. The van der Waals surface area contributed by atoms with Gasteiger partial charge in [-0.25, -0.2) is 0 Å². The average Bonchev–Trinajstić information content (AvgIpc) is 3.29. The summed E-state index contributed by atoms with van der Waals surface area (Å²) >= 11 is 0. The van der Waals surface area contributed by atoms with Crippen LogP contribution >= 0.6 is 0 Å². The number of hydrogen-bond donors (Lipinski definition) is 2. The summed E-state index contributed by atoms with van der Waals surface area (Å²) in [4.78, 5) is 14.8. The summed E-state index contributed by atoms with van der Waals surface area (Å²) in [6.07, 6.45) is 1.72. The van der Waals surface area contributed by atoms with Gasteiger partial charge in [0.05, 0.1) is 5.69 Å². The van der Waals surface area contributed by atoms with Gasteiger partial charge < -0.3 is 15.5 Å². The smallest absolute Gasteiger partial charge is 0.248 e. The van der Waals surface area contributed by atoms with E-state index in [0.29, 0.717) is 18.3 Å². The number of benzene rings is 1. The normalized spacial score (nSPS) is 18.3. The molecule has 3 rings (SSSR count). The average molecular weight is 343 g/mol. The minimum absolute atomic E-state index is 0.115. The molecule has 2 heterocycles. The molecule has 8 nitrogen and oxygen atoms in total. The molecule has 1 aliphatic rings. The van der Waals surface area contributed by atoms with Gasteiger partial charge in [-0.1, -0.05) is 30.2 Å². The van der Waals surface area contributed by atoms with E-state index in [4.69, 9.17) is 0 Å². The van der Waals surface area contributed by atoms with Crippen LogP contribution in [0.2, 0.25) is 0 Å². The van der Waals surface area contributed by atoms with Crippen LogP contribution in [0.4, 0.5) is 5.95 Å². The van der Waals surface area contributed by atoms with Crippen LogP contribution in [-0.2, 0) is 4.79 Å². The fourth-order valence-electron chi connectivity index (χ4n) is 3.22. The van der Waals surface area contributed by atoms with E-state index in [0.717, 1.165) is 31.7 Å². The highest BCUT2D eigenvalue weighted by atomic mass is 16.2. The van der Waals surface area contributed by atoms with Crippen molar-refractivity contribution in [1.29, 1.82) is 0 Å². The number of tetrazole rings is 1. The molecule has 0 spiro atoms. The third-order valence-electron chi connectivity index (χ3n) is 4.57. The first kappa shape index (κ1) is 17.3. The zero-order chi connectivity index (χ0) is 17.6. The molecule has 2 aromatic rings. The van der Waals surface area contributed by atoms with E-state index in [9.17, 15) is 4.79 Å². The maximum Gasteiger partial charge on any atom is 0.248 e. The number of amides is 1. The van der Waals surface area contributed by atoms with Gasteiger partial charge in [0.1, 0.15) is 6.04 Å². The predicted molar refractivity (Wildman–Crippen MR) is 95.5 cm³/mol. The summed E-state index contributed by atoms with van der Waals surface area (Å²) in [5.41, 5.74) is 0.854. The highest BCUT2D eigenvalue weighted by molar-refractivity contribution is 5.84. The van der Waals surface area contributed by atoms with Crippen molar-refractivity contribution < 1.29 is 4.79 Å². The van der Waals surface area contributed by atoms with E-state index in [-0.39, 0.29) is 11.9 Å². The second-order valence-corrected chi connectivity index (χ2v) is 6.35. The number of anilines is 1. The third kappa shape index (κ3) is 3.96. The van der Waals surface area contributed by atoms with Gasteiger partial charge in [-0.2, -0.15) is 4.68 Å². The Hall–Kier alpha value is -2.48. The Morgan fingerprint density at radius 1 is 1.36 bits per heavy atom. The van der Waals surface area contributed by atoms with Gasteiger partial charge in [0, 0.05) is 13.1 Å². The zero-order valence-corrected chi connectivity index (χ0v) is 14.7. The second kappa shape index (κ2) is 8.06. The molecule has 0 saturated carbocycles. The SMILES string of the molecule is CC[C@@H](Nc1nnnn1-c1ccccc1)C(=O)N1CC[C@@H](CNC)C1. The Morgan fingerprint density at radius 3 is 2.88 bits per heavy atom. The number of nitrogens with zero attached hydrogens (tertiary/aromatic N) is 5. The molecule has 134 valence electrons. The molecule has 25 heavy (non-hydrogen) atoms. The first-order valence-corrected chi connectivity index (χ1v) is 8.76. The van der Waals surface area contributed by atoms with Crippen molar-refractivity contribution in [2.75, 3.05) is 32.0 Å². The van der Waals surface area contributed by atoms with Crippen molar-refractivity contribution in [2.24, 2.45) is 5.92 Å². The first-order valence-electron chi connectivity index (χ1n) is 8.76. The summed E-state index contributed by atoms with van der Waals surface area (Å²) < 4.78 is 1.61. The van der Waals surface area contributed by atoms with Crippen LogP contribution in [0, 0.1) is 5.92 Å². The lowest BCUT2D eigenvalue weighted by Gasteiger charge is -2.23. The highest BCUT2D eigenvalue weighted by Gasteiger charge is 2.30. The topological polar surface area (TPSA) is 88.0 Å². The van der Waals surface area contributed by atoms with Crippen molar-refractivity contribution in [1.82, 2.24) is 30.4 Å². The molecule has 1 fully saturated rings. The van der Waals surface area contributed by atoms with Gasteiger partial charge in [0.2, 0.25) is 11.9 Å². The molecule has 2 atom stereocenters. The Morgan fingerprint density at radius 2 is 2.16 bits per heavy atom. The quantitative estimate of drug-likeness (QED) is 0.777. The standard InChI is InChI=1S/C17H25N7O/c1-3-15(16(25)23-10-9-13(12-23)11-18-2)19-17-20-21-22-24(17)14-7-5-4-6-8-14/h4-8,13,15,18H,3,9-12H2,1-2H3,(H,19,20,22)/t13-,15+/m0/s1. The van der Waals surface area contributed by atoms with Crippen LogP contribution in [-0.4, -0.2) is 63.7 Å². The molecule has 0 aliphatic carbocycles. The Kier molecular flexibility index (Phi) is 5.60. The lowest BCUT2D eigenvalue weighted by molar-refractivity contribution is -0.131. The van der Waals surface area contributed by atoms with Crippen molar-refractivity contribution in [3.63, 3.8) is 0 Å². The number of carbonyl (C=O) groups excluding carboxylic acids is 1. The Bertz CT molecular complexity index is 687. The molecular weight excluding hydrogens is 318 g/mol. The maximum atomic E-state index is 12.9. The van der Waals surface area contributed by atoms with E-state index in [1.807, 2.05) is 49.2 Å². The van der Waals surface area contributed by atoms with Crippen LogP contribution in [0.15, 0.2) is 30.3 Å². The summed E-state index contributed by atoms with van der Waals surface area (Å²) in [6, 6.07) is 9.31. The number of para-hydroxylation sites is 1. The van der Waals surface area contributed by atoms with Crippen molar-refractivity contribution in [3.05, 3.63) is 30.3 Å². The van der Waals surface area contributed by atoms with Crippen LogP contribution in [0.3, 0.4) is 0 Å². The van der Waals surface area contributed by atoms with Gasteiger partial charge in [-0.15, -0.1) is 0 Å². The van der Waals surface area contributed by atoms with Gasteiger partial charge in [-0.3, -0.25) is 4.79 Å². The van der Waals surface area contributed by atoms with Crippen molar-refractivity contribution >= 4 is 11.9 Å². The van der Waals surface area contributed by atoms with E-state index >= 15 is 0 Å². The number of aromatic nitrogens is 4. The largest absolute Gasteiger partial charge is 0.341 e. The van der Waals surface area contributed by atoms with Crippen molar-refractivity contribution in [2.45, 2.75) is 25.8 Å². The summed E-state index contributed by atoms with van der Waals surface area (Å²) in [6.45, 7) is 4.56. The molecule has 0 bridgehead atoms. The zero-order valence-electron chi connectivity index (χ0n) is 14.7. The van der Waals surface area contributed by atoms with Gasteiger partial charge in [-0.05, 0) is 54.9 Å². The molecular formula is C17H25N7O. The van der Waals surface area contributed by atoms with Gasteiger partial charge >= 0.3 is 0 Å². The van der Waals surface area contributed by atoms with Gasteiger partial charge in [0.25, 0.3) is 0 Å². The van der Waals surface area contributed by atoms with E-state index in [2.05, 4.69) is 26.2 Å². The molecule has 2 N–H and O–H groups in total. The van der Waals surface area contributed by atoms with E-state index in [1.165, 1.54) is 0 Å². The molecule has 1 aromatic heterocycles. The minimum atomic E-state index is -0.332. The molecule has 0 radical (unpaired) electrons. The van der Waals surface area contributed by atoms with Crippen molar-refractivity contribution in [3.8, 4) is 5.69 Å². The Labute approximate surface area is 147 Å². The maximum absolute atomic E-state index is 12.9. The van der Waals surface area contributed by atoms with Crippen LogP contribution < -0.4 is 10.6 Å². The molecule has 1 saturated heterocycles. The number of likely N-dealkylation sites (tertiary alicyclic amines) is 1. The summed E-state index contributed by atoms with van der Waals surface area (Å²) in [5.74, 6) is 1.13. The Balaban J connectivity index is 1.69. The lowest BCUT2D eigenvalue weighted by atomic mass is 10.1. The number of rotatable bonds is 7. The van der Waals surface area contributed by atoms with Crippen LogP contribution in [0.1, 0.15) is 19.8 Å². The third-order valence-corrected chi connectivity index (χ3v) is 4.57. The van der Waals surface area contributed by atoms with Gasteiger partial charge in [0.15, 0.2) is 0 Å². The predicted octanol–water partition coefficient (Wildman–Crippen LogP) is 0.921. The fraction of sp³-hybridized carbons (Fsp3) is 0.529. The number of nitrogens with one attached hydrogen (secondary N) is 2. The lowest BCUT2D eigenvalue weighted by Crippen LogP contribution is -2.42. The van der Waals surface area contributed by atoms with E-state index in [1.54, 1.807) is 4.68 Å². The van der Waals surface area contributed by atoms with Crippen LogP contribution in [0.25, 0.3) is 5.69 Å². The minimum Gasteiger partial charge on any atom is -0.341 e. The second-order valence-electron chi connectivity index (χ2n) is 6.35. The van der Waals surface area contributed by atoms with Crippen LogP contribution in [0.5, 0.6) is 0 Å². The summed E-state index contributed by atoms with van der Waals surface area (Å²) in [5, 5.41) is 18.2. The molecule has 1 amide bonds. The molecule has 0 unspecified atom stereocenters. The number of carbonyl (C=O) groups is 1. The monoisotopic (exact) mass is 343 g/mol. The molecule has 8 heteroatoms. The molecule has 1 aromatic carbocycles. The molecule has 1 aliphatic heterocycles. The first-order chi connectivity index (χ1) is 12.2. The summed E-state index contributed by atoms with van der Waals surface area (Å²) in [7, 11) is 1.95. The highest BCUT2D eigenvalue weighted by Crippen LogP contribution is 2.19. The number of hydrogen-bond acceptors (Lipinski definition) is 6. The van der Waals surface area contributed by atoms with E-state index < -0.39 is 0 Å².